The van der Waals surface area contributed by atoms with Gasteiger partial charge in [-0.05, 0) is 35.6 Å². The Hall–Kier alpha value is -3.41. The fourth-order valence-corrected chi connectivity index (χ4v) is 3.10. The van der Waals surface area contributed by atoms with E-state index in [4.69, 9.17) is 9.15 Å². The zero-order chi connectivity index (χ0) is 21.5. The van der Waals surface area contributed by atoms with Crippen molar-refractivity contribution >= 4 is 29.1 Å². The molecule has 0 fully saturated rings. The summed E-state index contributed by atoms with van der Waals surface area (Å²) in [4.78, 5) is 28.5. The number of oxazole rings is 1. The van der Waals surface area contributed by atoms with Gasteiger partial charge in [0, 0.05) is 12.2 Å². The number of ether oxygens (including phenoxy) is 1. The maximum Gasteiger partial charge on any atom is 0.331 e. The van der Waals surface area contributed by atoms with E-state index in [0.717, 1.165) is 12.0 Å². The van der Waals surface area contributed by atoms with E-state index >= 15 is 0 Å². The molecule has 0 spiro atoms. The van der Waals surface area contributed by atoms with Gasteiger partial charge in [0.2, 0.25) is 5.89 Å². The van der Waals surface area contributed by atoms with Gasteiger partial charge in [0.05, 0.1) is 6.04 Å². The van der Waals surface area contributed by atoms with Crippen molar-refractivity contribution in [2.75, 3.05) is 6.61 Å². The van der Waals surface area contributed by atoms with E-state index in [1.165, 1.54) is 17.7 Å². The zero-order valence-corrected chi connectivity index (χ0v) is 17.4. The summed E-state index contributed by atoms with van der Waals surface area (Å²) < 4.78 is 10.5. The average molecular weight is 406 g/mol. The van der Waals surface area contributed by atoms with Crippen molar-refractivity contribution in [3.05, 3.63) is 71.6 Å². The third kappa shape index (κ3) is 5.56. The molecule has 0 saturated carbocycles. The highest BCUT2D eigenvalue weighted by atomic mass is 16.5. The van der Waals surface area contributed by atoms with Gasteiger partial charge in [-0.2, -0.15) is 0 Å². The molecule has 156 valence electrons. The summed E-state index contributed by atoms with van der Waals surface area (Å²) >= 11 is 0. The van der Waals surface area contributed by atoms with Gasteiger partial charge in [-0.1, -0.05) is 57.2 Å². The van der Waals surface area contributed by atoms with Gasteiger partial charge in [-0.25, -0.2) is 9.78 Å². The van der Waals surface area contributed by atoms with Crippen molar-refractivity contribution < 1.29 is 18.7 Å². The Morgan fingerprint density at radius 3 is 2.53 bits per heavy atom. The number of aryl methyl sites for hydroxylation is 1. The minimum atomic E-state index is -0.638. The van der Waals surface area contributed by atoms with E-state index in [2.05, 4.69) is 29.4 Å². The minimum absolute atomic E-state index is 0.155. The fourth-order valence-electron chi connectivity index (χ4n) is 3.10. The number of benzene rings is 2. The number of nitrogens with one attached hydrogen (secondary N) is 1. The second-order valence-corrected chi connectivity index (χ2v) is 7.35. The topological polar surface area (TPSA) is 81.4 Å². The van der Waals surface area contributed by atoms with Crippen LogP contribution in [0.4, 0.5) is 0 Å². The van der Waals surface area contributed by atoms with Gasteiger partial charge in [0.1, 0.15) is 5.52 Å². The van der Waals surface area contributed by atoms with E-state index in [-0.39, 0.29) is 24.5 Å². The molecule has 2 aromatic carbocycles. The Bertz CT molecular complexity index is 1000. The monoisotopic (exact) mass is 406 g/mol. The molecule has 3 aromatic rings. The first-order valence-corrected chi connectivity index (χ1v) is 10.0. The van der Waals surface area contributed by atoms with Crippen LogP contribution in [0.5, 0.6) is 0 Å². The Kier molecular flexibility index (Phi) is 7.01. The van der Waals surface area contributed by atoms with E-state index in [1.54, 1.807) is 6.07 Å². The van der Waals surface area contributed by atoms with E-state index in [0.29, 0.717) is 17.0 Å². The van der Waals surface area contributed by atoms with Crippen molar-refractivity contribution in [2.24, 2.45) is 5.92 Å². The summed E-state index contributed by atoms with van der Waals surface area (Å²) in [5.41, 5.74) is 3.61. The van der Waals surface area contributed by atoms with Crippen LogP contribution in [0.2, 0.25) is 0 Å². The Morgan fingerprint density at radius 2 is 1.87 bits per heavy atom. The van der Waals surface area contributed by atoms with Crippen molar-refractivity contribution in [1.82, 2.24) is 10.3 Å². The molecule has 1 amide bonds. The van der Waals surface area contributed by atoms with E-state index < -0.39 is 5.97 Å². The van der Waals surface area contributed by atoms with Gasteiger partial charge >= 0.3 is 5.97 Å². The second kappa shape index (κ2) is 9.87. The third-order valence-electron chi connectivity index (χ3n) is 4.75. The molecule has 0 saturated heterocycles. The zero-order valence-electron chi connectivity index (χ0n) is 17.4. The Labute approximate surface area is 175 Å². The van der Waals surface area contributed by atoms with Crippen LogP contribution < -0.4 is 5.32 Å². The lowest BCUT2D eigenvalue weighted by Gasteiger charge is -2.23. The Balaban J connectivity index is 1.53. The van der Waals surface area contributed by atoms with Gasteiger partial charge in [-0.15, -0.1) is 0 Å². The number of amides is 1. The molecular weight excluding hydrogens is 380 g/mol. The van der Waals surface area contributed by atoms with Crippen LogP contribution in [0.15, 0.2) is 59.0 Å². The first-order valence-electron chi connectivity index (χ1n) is 10.0. The van der Waals surface area contributed by atoms with Crippen LogP contribution in [0.25, 0.3) is 17.2 Å². The molecule has 0 bridgehead atoms. The number of hydrogen-bond acceptors (Lipinski definition) is 5. The van der Waals surface area contributed by atoms with Gasteiger partial charge in [0.25, 0.3) is 5.91 Å². The van der Waals surface area contributed by atoms with E-state index in [1.807, 2.05) is 44.2 Å². The van der Waals surface area contributed by atoms with Crippen LogP contribution in [0, 0.1) is 5.92 Å². The molecule has 0 aliphatic rings. The van der Waals surface area contributed by atoms with Crippen LogP contribution in [-0.2, 0) is 20.7 Å². The SMILES string of the molecule is CCc1ccc([C@@H](NC(=O)COC(=O)/C=C/c2nc3ccccc3o2)C(C)C)cc1. The van der Waals surface area contributed by atoms with Crippen molar-refractivity contribution in [2.45, 2.75) is 33.2 Å². The van der Waals surface area contributed by atoms with Gasteiger partial charge in [0.15, 0.2) is 12.2 Å². The predicted octanol–water partition coefficient (Wildman–Crippen LogP) is 4.46. The lowest BCUT2D eigenvalue weighted by molar-refractivity contribution is -0.144. The summed E-state index contributed by atoms with van der Waals surface area (Å²) in [6, 6.07) is 15.3. The van der Waals surface area contributed by atoms with Gasteiger partial charge < -0.3 is 14.5 Å². The largest absolute Gasteiger partial charge is 0.452 e. The average Bonchev–Trinajstić information content (AvgIpc) is 3.17. The van der Waals surface area contributed by atoms with Gasteiger partial charge in [-0.3, -0.25) is 4.79 Å². The number of rotatable bonds is 8. The molecule has 30 heavy (non-hydrogen) atoms. The van der Waals surface area contributed by atoms with Crippen LogP contribution >= 0.6 is 0 Å². The number of aromatic nitrogens is 1. The summed E-state index contributed by atoms with van der Waals surface area (Å²) in [7, 11) is 0. The smallest absolute Gasteiger partial charge is 0.331 e. The number of hydrogen-bond donors (Lipinski definition) is 1. The molecule has 0 aliphatic carbocycles. The predicted molar refractivity (Wildman–Crippen MR) is 116 cm³/mol. The van der Waals surface area contributed by atoms with Crippen molar-refractivity contribution in [3.8, 4) is 0 Å². The number of carbonyl (C=O) groups excluding carboxylic acids is 2. The summed E-state index contributed by atoms with van der Waals surface area (Å²) in [5, 5.41) is 2.95. The molecule has 0 aliphatic heterocycles. The molecule has 1 heterocycles. The second-order valence-electron chi connectivity index (χ2n) is 7.35. The molecule has 0 radical (unpaired) electrons. The van der Waals surface area contributed by atoms with Crippen LogP contribution in [-0.4, -0.2) is 23.5 Å². The summed E-state index contributed by atoms with van der Waals surface area (Å²) in [5.74, 6) is -0.498. The molecule has 6 nitrogen and oxygen atoms in total. The maximum atomic E-state index is 12.3. The quantitative estimate of drug-likeness (QED) is 0.441. The fraction of sp³-hybridized carbons (Fsp3) is 0.292. The number of nitrogens with zero attached hydrogens (tertiary/aromatic N) is 1. The highest BCUT2D eigenvalue weighted by Gasteiger charge is 2.19. The van der Waals surface area contributed by atoms with Crippen LogP contribution in [0.1, 0.15) is 43.8 Å². The lowest BCUT2D eigenvalue weighted by atomic mass is 9.95. The molecule has 0 unspecified atom stereocenters. The number of fused-ring (bicyclic) bond motifs is 1. The first kappa shape index (κ1) is 21.3. The molecule has 1 atom stereocenters. The molecular formula is C24H26N2O4. The Morgan fingerprint density at radius 1 is 1.13 bits per heavy atom. The lowest BCUT2D eigenvalue weighted by Crippen LogP contribution is -2.34. The summed E-state index contributed by atoms with van der Waals surface area (Å²) in [6.45, 7) is 5.82. The van der Waals surface area contributed by atoms with Crippen LogP contribution in [0.3, 0.4) is 0 Å². The molecule has 1 aromatic heterocycles. The molecule has 3 rings (SSSR count). The number of esters is 1. The van der Waals surface area contributed by atoms with Crippen molar-refractivity contribution in [1.29, 1.82) is 0 Å². The molecule has 1 N–H and O–H groups in total. The molecule has 6 heteroatoms. The number of para-hydroxylation sites is 2. The minimum Gasteiger partial charge on any atom is -0.452 e. The van der Waals surface area contributed by atoms with Crippen molar-refractivity contribution in [3.63, 3.8) is 0 Å². The van der Waals surface area contributed by atoms with E-state index in [9.17, 15) is 9.59 Å². The highest BCUT2D eigenvalue weighted by molar-refractivity contribution is 5.89. The standard InChI is InChI=1S/C24H26N2O4/c1-4-17-9-11-18(12-10-17)24(16(2)3)26-21(27)15-29-23(28)14-13-22-25-19-7-5-6-8-20(19)30-22/h5-14,16,24H,4,15H2,1-3H3,(H,26,27)/b14-13+/t24-/m0/s1. The maximum absolute atomic E-state index is 12.3. The number of carbonyl (C=O) groups is 2. The summed E-state index contributed by atoms with van der Waals surface area (Å²) in [6.07, 6.45) is 3.58. The third-order valence-corrected chi connectivity index (χ3v) is 4.75. The first-order chi connectivity index (χ1) is 14.5. The normalized spacial score (nSPS) is 12.4. The highest BCUT2D eigenvalue weighted by Crippen LogP contribution is 2.22.